The first-order valence-corrected chi connectivity index (χ1v) is 5.86. The van der Waals surface area contributed by atoms with Crippen LogP contribution in [-0.2, 0) is 4.79 Å². The summed E-state index contributed by atoms with van der Waals surface area (Å²) in [4.78, 5) is 24.4. The molecule has 5 heteroatoms. The highest BCUT2D eigenvalue weighted by molar-refractivity contribution is 5.94. The molecule has 0 bridgehead atoms. The molecule has 0 spiro atoms. The van der Waals surface area contributed by atoms with Gasteiger partial charge in [-0.05, 0) is 31.0 Å². The van der Waals surface area contributed by atoms with E-state index in [1.165, 1.54) is 23.1 Å². The zero-order chi connectivity index (χ0) is 13.1. The fraction of sp³-hybridized carbons (Fsp3) is 0.385. The maximum absolute atomic E-state index is 13.1. The summed E-state index contributed by atoms with van der Waals surface area (Å²) in [5.74, 6) is -1.67. The SMILES string of the molecule is O=C(O)CC1CCCN1C(=O)c1cccc(F)c1. The highest BCUT2D eigenvalue weighted by atomic mass is 19.1. The first kappa shape index (κ1) is 12.5. The number of carbonyl (C=O) groups excluding carboxylic acids is 1. The smallest absolute Gasteiger partial charge is 0.305 e. The van der Waals surface area contributed by atoms with Gasteiger partial charge in [-0.3, -0.25) is 9.59 Å². The Hall–Kier alpha value is -1.91. The molecule has 96 valence electrons. The lowest BCUT2D eigenvalue weighted by Gasteiger charge is -2.23. The van der Waals surface area contributed by atoms with Crippen molar-refractivity contribution in [1.29, 1.82) is 0 Å². The van der Waals surface area contributed by atoms with Gasteiger partial charge in [-0.1, -0.05) is 6.07 Å². The van der Waals surface area contributed by atoms with E-state index in [1.54, 1.807) is 6.07 Å². The average molecular weight is 251 g/mol. The highest BCUT2D eigenvalue weighted by Gasteiger charge is 2.30. The Kier molecular flexibility index (Phi) is 3.60. The van der Waals surface area contributed by atoms with Crippen LogP contribution in [0.3, 0.4) is 0 Å². The number of benzene rings is 1. The van der Waals surface area contributed by atoms with Gasteiger partial charge in [0.25, 0.3) is 5.91 Å². The lowest BCUT2D eigenvalue weighted by molar-refractivity contribution is -0.137. The van der Waals surface area contributed by atoms with Crippen LogP contribution in [0.25, 0.3) is 0 Å². The van der Waals surface area contributed by atoms with Gasteiger partial charge < -0.3 is 10.0 Å². The molecule has 18 heavy (non-hydrogen) atoms. The van der Waals surface area contributed by atoms with Crippen molar-refractivity contribution >= 4 is 11.9 Å². The number of hydrogen-bond acceptors (Lipinski definition) is 2. The van der Waals surface area contributed by atoms with Gasteiger partial charge in [-0.15, -0.1) is 0 Å². The molecule has 1 aliphatic heterocycles. The molecule has 1 saturated heterocycles. The summed E-state index contributed by atoms with van der Waals surface area (Å²) in [6.07, 6.45) is 1.42. The molecule has 0 saturated carbocycles. The van der Waals surface area contributed by atoms with Gasteiger partial charge in [0.05, 0.1) is 6.42 Å². The Morgan fingerprint density at radius 2 is 2.22 bits per heavy atom. The molecular weight excluding hydrogens is 237 g/mol. The topological polar surface area (TPSA) is 57.6 Å². The number of amides is 1. The summed E-state index contributed by atoms with van der Waals surface area (Å²) < 4.78 is 13.1. The average Bonchev–Trinajstić information content (AvgIpc) is 2.75. The fourth-order valence-corrected chi connectivity index (χ4v) is 2.30. The van der Waals surface area contributed by atoms with Crippen molar-refractivity contribution in [2.75, 3.05) is 6.54 Å². The Balaban J connectivity index is 2.15. The van der Waals surface area contributed by atoms with Gasteiger partial charge in [0.1, 0.15) is 5.82 Å². The van der Waals surface area contributed by atoms with Gasteiger partial charge >= 0.3 is 5.97 Å². The molecule has 1 unspecified atom stereocenters. The molecule has 1 heterocycles. The number of carboxylic acid groups (broad SMARTS) is 1. The number of likely N-dealkylation sites (tertiary alicyclic amines) is 1. The molecule has 0 radical (unpaired) electrons. The lowest BCUT2D eigenvalue weighted by atomic mass is 10.1. The van der Waals surface area contributed by atoms with Crippen molar-refractivity contribution in [3.8, 4) is 0 Å². The molecule has 1 aromatic carbocycles. The molecule has 1 fully saturated rings. The van der Waals surface area contributed by atoms with Crippen LogP contribution in [0.5, 0.6) is 0 Å². The van der Waals surface area contributed by atoms with Crippen LogP contribution in [0.2, 0.25) is 0 Å². The number of hydrogen-bond donors (Lipinski definition) is 1. The van der Waals surface area contributed by atoms with Crippen molar-refractivity contribution in [2.45, 2.75) is 25.3 Å². The van der Waals surface area contributed by atoms with E-state index in [-0.39, 0.29) is 23.9 Å². The number of nitrogens with zero attached hydrogens (tertiary/aromatic N) is 1. The molecular formula is C13H14FNO3. The summed E-state index contributed by atoms with van der Waals surface area (Å²) in [6, 6.07) is 5.19. The van der Waals surface area contributed by atoms with Gasteiger partial charge in [-0.2, -0.15) is 0 Å². The third-order valence-corrected chi connectivity index (χ3v) is 3.12. The van der Waals surface area contributed by atoms with E-state index in [9.17, 15) is 14.0 Å². The van der Waals surface area contributed by atoms with E-state index in [0.717, 1.165) is 6.42 Å². The van der Waals surface area contributed by atoms with Crippen LogP contribution in [0.15, 0.2) is 24.3 Å². The number of carbonyl (C=O) groups is 2. The zero-order valence-electron chi connectivity index (χ0n) is 9.80. The first-order chi connectivity index (χ1) is 8.58. The second-order valence-corrected chi connectivity index (χ2v) is 4.40. The van der Waals surface area contributed by atoms with Gasteiger partial charge in [0, 0.05) is 18.2 Å². The third-order valence-electron chi connectivity index (χ3n) is 3.12. The summed E-state index contributed by atoms with van der Waals surface area (Å²) in [7, 11) is 0. The van der Waals surface area contributed by atoms with Gasteiger partial charge in [-0.25, -0.2) is 4.39 Å². The van der Waals surface area contributed by atoms with Crippen LogP contribution in [0.1, 0.15) is 29.6 Å². The second kappa shape index (κ2) is 5.16. The predicted molar refractivity (Wildman–Crippen MR) is 62.7 cm³/mol. The van der Waals surface area contributed by atoms with E-state index in [2.05, 4.69) is 0 Å². The molecule has 1 N–H and O–H groups in total. The quantitative estimate of drug-likeness (QED) is 0.892. The molecule has 2 rings (SSSR count). The minimum absolute atomic E-state index is 0.0545. The largest absolute Gasteiger partial charge is 0.481 e. The lowest BCUT2D eigenvalue weighted by Crippen LogP contribution is -2.36. The fourth-order valence-electron chi connectivity index (χ4n) is 2.30. The molecule has 1 atom stereocenters. The van der Waals surface area contributed by atoms with Crippen LogP contribution < -0.4 is 0 Å². The van der Waals surface area contributed by atoms with Crippen molar-refractivity contribution in [1.82, 2.24) is 4.90 Å². The zero-order valence-corrected chi connectivity index (χ0v) is 9.80. The Morgan fingerprint density at radius 3 is 2.89 bits per heavy atom. The number of halogens is 1. The summed E-state index contributed by atoms with van der Waals surface area (Å²) in [6.45, 7) is 0.535. The van der Waals surface area contributed by atoms with Gasteiger partial charge in [0.15, 0.2) is 0 Å². The highest BCUT2D eigenvalue weighted by Crippen LogP contribution is 2.22. The van der Waals surface area contributed by atoms with Crippen LogP contribution in [0.4, 0.5) is 4.39 Å². The van der Waals surface area contributed by atoms with E-state index >= 15 is 0 Å². The summed E-state index contributed by atoms with van der Waals surface area (Å²) >= 11 is 0. The molecule has 1 aromatic rings. The van der Waals surface area contributed by atoms with Crippen molar-refractivity contribution in [2.24, 2.45) is 0 Å². The minimum atomic E-state index is -0.918. The number of rotatable bonds is 3. The predicted octanol–water partition coefficient (Wildman–Crippen LogP) is 1.91. The monoisotopic (exact) mass is 251 g/mol. The second-order valence-electron chi connectivity index (χ2n) is 4.40. The van der Waals surface area contributed by atoms with E-state index < -0.39 is 11.8 Å². The molecule has 4 nitrogen and oxygen atoms in total. The standard InChI is InChI=1S/C13H14FNO3/c14-10-4-1-3-9(7-10)13(18)15-6-2-5-11(15)8-12(16)17/h1,3-4,7,11H,2,5-6,8H2,(H,16,17). The molecule has 1 aliphatic rings. The van der Waals surface area contributed by atoms with Crippen molar-refractivity contribution in [3.05, 3.63) is 35.6 Å². The van der Waals surface area contributed by atoms with E-state index in [4.69, 9.17) is 5.11 Å². The Labute approximate surface area is 104 Å². The molecule has 1 amide bonds. The summed E-state index contributed by atoms with van der Waals surface area (Å²) in [5, 5.41) is 8.79. The normalized spacial score (nSPS) is 18.9. The van der Waals surface area contributed by atoms with Crippen LogP contribution in [0, 0.1) is 5.82 Å². The molecule has 0 aliphatic carbocycles. The first-order valence-electron chi connectivity index (χ1n) is 5.86. The van der Waals surface area contributed by atoms with Crippen molar-refractivity contribution in [3.63, 3.8) is 0 Å². The maximum Gasteiger partial charge on any atom is 0.305 e. The molecule has 0 aromatic heterocycles. The summed E-state index contributed by atoms with van der Waals surface area (Å²) in [5.41, 5.74) is 0.271. The Morgan fingerprint density at radius 1 is 1.44 bits per heavy atom. The minimum Gasteiger partial charge on any atom is -0.481 e. The van der Waals surface area contributed by atoms with E-state index in [0.29, 0.717) is 13.0 Å². The third kappa shape index (κ3) is 2.67. The number of carboxylic acids is 1. The maximum atomic E-state index is 13.1. The van der Waals surface area contributed by atoms with Crippen molar-refractivity contribution < 1.29 is 19.1 Å². The van der Waals surface area contributed by atoms with Crippen LogP contribution in [-0.4, -0.2) is 34.5 Å². The van der Waals surface area contributed by atoms with Gasteiger partial charge in [0.2, 0.25) is 0 Å². The van der Waals surface area contributed by atoms with Crippen LogP contribution >= 0.6 is 0 Å². The Bertz CT molecular complexity index is 475. The number of aliphatic carboxylic acids is 1. The van der Waals surface area contributed by atoms with E-state index in [1.807, 2.05) is 0 Å².